The number of benzene rings is 3. The van der Waals surface area contributed by atoms with Crippen molar-refractivity contribution in [3.63, 3.8) is 0 Å². The third-order valence-electron chi connectivity index (χ3n) is 6.98. The van der Waals surface area contributed by atoms with Gasteiger partial charge in [0.25, 0.3) is 5.91 Å². The minimum atomic E-state index is -1.08. The highest BCUT2D eigenvalue weighted by molar-refractivity contribution is 6.08. The average molecular weight is 553 g/mol. The highest BCUT2D eigenvalue weighted by Gasteiger charge is 2.37. The molecule has 206 valence electrons. The number of hydrogen-bond donors (Lipinski definition) is 3. The second-order valence-electron chi connectivity index (χ2n) is 9.46. The molecule has 0 fully saturated rings. The van der Waals surface area contributed by atoms with Crippen LogP contribution in [0.5, 0.6) is 0 Å². The molecule has 0 aromatic heterocycles. The molecule has 2 atom stereocenters. The first-order chi connectivity index (χ1) is 18.2. The van der Waals surface area contributed by atoms with Gasteiger partial charge >= 0.3 is 5.97 Å². The first-order valence-corrected chi connectivity index (χ1v) is 12.6. The van der Waals surface area contributed by atoms with Gasteiger partial charge in [-0.1, -0.05) is 48.5 Å². The Hall–Kier alpha value is -3.95. The summed E-state index contributed by atoms with van der Waals surface area (Å²) in [4.78, 5) is 54.4. The van der Waals surface area contributed by atoms with Crippen molar-refractivity contribution < 1.29 is 24.3 Å². The van der Waals surface area contributed by atoms with Gasteiger partial charge in [-0.05, 0) is 54.9 Å². The number of amides is 3. The fourth-order valence-corrected chi connectivity index (χ4v) is 4.68. The van der Waals surface area contributed by atoms with E-state index in [1.54, 1.807) is 43.1 Å². The minimum Gasteiger partial charge on any atom is -0.481 e. The van der Waals surface area contributed by atoms with Gasteiger partial charge in [-0.25, -0.2) is 0 Å². The quantitative estimate of drug-likeness (QED) is 0.394. The fraction of sp³-hybridized carbons (Fsp3) is 0.310. The number of carbonyl (C=O) groups is 4. The Bertz CT molecular complexity index is 1400. The van der Waals surface area contributed by atoms with Crippen LogP contribution >= 0.6 is 12.4 Å². The number of carbonyl (C=O) groups excluding carboxylic acids is 3. The van der Waals surface area contributed by atoms with Crippen LogP contribution < -0.4 is 20.4 Å². The Balaban J connectivity index is 0.00000420. The van der Waals surface area contributed by atoms with Gasteiger partial charge in [-0.2, -0.15) is 0 Å². The molecule has 4 rings (SSSR count). The molecular weight excluding hydrogens is 520 g/mol. The third kappa shape index (κ3) is 6.38. The lowest BCUT2D eigenvalue weighted by molar-refractivity contribution is -0.138. The summed E-state index contributed by atoms with van der Waals surface area (Å²) in [6, 6.07) is 17.5. The predicted octanol–water partition coefficient (Wildman–Crippen LogP) is 3.41. The van der Waals surface area contributed by atoms with E-state index in [-0.39, 0.29) is 50.2 Å². The van der Waals surface area contributed by atoms with Crippen molar-refractivity contribution in [3.8, 4) is 0 Å². The maximum absolute atomic E-state index is 14.1. The molecule has 39 heavy (non-hydrogen) atoms. The van der Waals surface area contributed by atoms with E-state index in [4.69, 9.17) is 5.11 Å². The van der Waals surface area contributed by atoms with E-state index in [2.05, 4.69) is 10.6 Å². The van der Waals surface area contributed by atoms with Crippen molar-refractivity contribution in [2.75, 3.05) is 23.4 Å². The topological polar surface area (TPSA) is 119 Å². The number of likely N-dealkylation sites (N-methyl/N-ethyl adjacent to an activating group) is 1. The molecule has 10 heteroatoms. The van der Waals surface area contributed by atoms with E-state index in [1.807, 2.05) is 43.3 Å². The number of rotatable bonds is 8. The van der Waals surface area contributed by atoms with Gasteiger partial charge in [0, 0.05) is 6.42 Å². The Morgan fingerprint density at radius 2 is 1.67 bits per heavy atom. The van der Waals surface area contributed by atoms with Crippen molar-refractivity contribution in [1.82, 2.24) is 10.6 Å². The number of aliphatic carboxylic acids is 1. The largest absolute Gasteiger partial charge is 0.481 e. The lowest BCUT2D eigenvalue weighted by atomic mass is 9.99. The summed E-state index contributed by atoms with van der Waals surface area (Å²) >= 11 is 0. The van der Waals surface area contributed by atoms with E-state index in [0.717, 1.165) is 21.9 Å². The molecule has 0 saturated carbocycles. The number of para-hydroxylation sites is 2. The number of aryl methyl sites for hydroxylation is 1. The molecule has 0 bridgehead atoms. The summed E-state index contributed by atoms with van der Waals surface area (Å²) in [5, 5.41) is 16.9. The summed E-state index contributed by atoms with van der Waals surface area (Å²) in [6.45, 7) is 3.79. The summed E-state index contributed by atoms with van der Waals surface area (Å²) in [5.74, 6) is -2.25. The Morgan fingerprint density at radius 1 is 1.00 bits per heavy atom. The van der Waals surface area contributed by atoms with E-state index in [9.17, 15) is 19.2 Å². The molecule has 3 aromatic rings. The molecule has 3 amide bonds. The van der Waals surface area contributed by atoms with E-state index < -0.39 is 24.0 Å². The molecule has 1 heterocycles. The molecule has 1 aliphatic heterocycles. The van der Waals surface area contributed by atoms with Gasteiger partial charge in [-0.15, -0.1) is 12.4 Å². The van der Waals surface area contributed by atoms with Crippen LogP contribution in [0.1, 0.15) is 30.9 Å². The number of nitrogens with one attached hydrogen (secondary N) is 2. The van der Waals surface area contributed by atoms with Crippen molar-refractivity contribution >= 4 is 58.2 Å². The maximum Gasteiger partial charge on any atom is 0.303 e. The normalized spacial score (nSPS) is 15.7. The van der Waals surface area contributed by atoms with E-state index in [0.29, 0.717) is 11.4 Å². The van der Waals surface area contributed by atoms with Crippen LogP contribution in [0.15, 0.2) is 60.7 Å². The summed E-state index contributed by atoms with van der Waals surface area (Å²) in [7, 11) is 1.65. The molecule has 0 unspecified atom stereocenters. The van der Waals surface area contributed by atoms with Crippen molar-refractivity contribution in [1.29, 1.82) is 0 Å². The lowest BCUT2D eigenvalue weighted by Gasteiger charge is -2.27. The summed E-state index contributed by atoms with van der Waals surface area (Å²) in [6.07, 6.45) is -0.563. The Labute approximate surface area is 233 Å². The molecule has 1 aliphatic rings. The predicted molar refractivity (Wildman–Crippen MR) is 153 cm³/mol. The van der Waals surface area contributed by atoms with Crippen LogP contribution in [0.3, 0.4) is 0 Å². The number of halogens is 1. The number of hydrogen-bond acceptors (Lipinski definition) is 5. The van der Waals surface area contributed by atoms with Crippen LogP contribution in [0.2, 0.25) is 0 Å². The zero-order valence-electron chi connectivity index (χ0n) is 22.1. The van der Waals surface area contributed by atoms with Gasteiger partial charge in [-0.3, -0.25) is 19.2 Å². The lowest BCUT2D eigenvalue weighted by Crippen LogP contribution is -2.55. The van der Waals surface area contributed by atoms with E-state index >= 15 is 0 Å². The highest BCUT2D eigenvalue weighted by Crippen LogP contribution is 2.36. The van der Waals surface area contributed by atoms with Gasteiger partial charge < -0.3 is 25.5 Å². The van der Waals surface area contributed by atoms with Crippen molar-refractivity contribution in [2.45, 2.75) is 45.3 Å². The minimum absolute atomic E-state index is 0. The second-order valence-corrected chi connectivity index (χ2v) is 9.46. The number of carboxylic acid groups (broad SMARTS) is 1. The number of carboxylic acids is 1. The first-order valence-electron chi connectivity index (χ1n) is 12.6. The molecule has 0 saturated heterocycles. The molecule has 3 aromatic carbocycles. The first kappa shape index (κ1) is 29.6. The van der Waals surface area contributed by atoms with Gasteiger partial charge in [0.2, 0.25) is 11.8 Å². The zero-order chi connectivity index (χ0) is 27.4. The second kappa shape index (κ2) is 12.7. The van der Waals surface area contributed by atoms with E-state index in [1.165, 1.54) is 4.90 Å². The Kier molecular flexibility index (Phi) is 9.66. The fourth-order valence-electron chi connectivity index (χ4n) is 4.68. The number of anilines is 2. The Morgan fingerprint density at radius 3 is 2.36 bits per heavy atom. The van der Waals surface area contributed by atoms with Gasteiger partial charge in [0.05, 0.1) is 36.9 Å². The van der Waals surface area contributed by atoms with Crippen LogP contribution in [-0.4, -0.2) is 54.5 Å². The van der Waals surface area contributed by atoms with Crippen molar-refractivity contribution in [2.24, 2.45) is 0 Å². The number of fused-ring (bicyclic) bond motifs is 2. The molecular formula is C29H33ClN4O5. The van der Waals surface area contributed by atoms with Crippen LogP contribution in [-0.2, 0) is 25.7 Å². The molecule has 9 nitrogen and oxygen atoms in total. The zero-order valence-corrected chi connectivity index (χ0v) is 23.0. The summed E-state index contributed by atoms with van der Waals surface area (Å²) in [5.41, 5.74) is 2.99. The smallest absolute Gasteiger partial charge is 0.303 e. The van der Waals surface area contributed by atoms with Crippen LogP contribution in [0.4, 0.5) is 11.4 Å². The molecule has 3 N–H and O–H groups in total. The molecule has 0 spiro atoms. The third-order valence-corrected chi connectivity index (χ3v) is 6.98. The van der Waals surface area contributed by atoms with Gasteiger partial charge in [0.15, 0.2) is 0 Å². The maximum atomic E-state index is 14.1. The standard InChI is InChI=1S/C29H32N4O5.ClH/c1-18-12-13-20-8-4-5-9-21(20)22(18)16-33-25-11-7-6-10-24(25)32(26(34)14-15-27(35)36)17-23(29(33)38)31-28(37)19(2)30-3;/h4-13,19,23,30H,14-17H2,1-3H3,(H,31,37)(H,35,36);1H/t19-,23-;/m0./s1. The van der Waals surface area contributed by atoms with Crippen LogP contribution in [0.25, 0.3) is 10.8 Å². The molecule has 0 aliphatic carbocycles. The molecule has 0 radical (unpaired) electrons. The average Bonchev–Trinajstić information content (AvgIpc) is 3.03. The van der Waals surface area contributed by atoms with Gasteiger partial charge in [0.1, 0.15) is 6.04 Å². The van der Waals surface area contributed by atoms with Crippen molar-refractivity contribution in [3.05, 3.63) is 71.8 Å². The summed E-state index contributed by atoms with van der Waals surface area (Å²) < 4.78 is 0. The number of nitrogens with zero attached hydrogens (tertiary/aromatic N) is 2. The monoisotopic (exact) mass is 552 g/mol. The SMILES string of the molecule is CN[C@@H](C)C(=O)N[C@H]1CN(C(=O)CCC(=O)O)c2ccccc2N(Cc2c(C)ccc3ccccc23)C1=O.Cl. The van der Waals surface area contributed by atoms with Crippen LogP contribution in [0, 0.1) is 6.92 Å². The highest BCUT2D eigenvalue weighted by atomic mass is 35.5.